The standard InChI is InChI=1S/C77H128O6/c1-4-7-10-13-16-19-22-25-28-31-33-35-36-37-38-39-40-42-43-46-49-52-55-58-61-64-67-70-76(79)82-73-74(72-81-75(78)69-66-63-60-57-54-51-48-45-30-27-24-21-18-15-12-9-6-3)83-77(80)71-68-65-62-59-56-53-50-47-44-41-34-32-29-26-23-20-17-14-11-8-5-2/h7-8,10-11,16-17,19-20,25-26,28-29,33-35,37-38,40-42,46,49,74H,4-6,9,12-15,18,21-24,27,30-32,36,39,43-45,47-48,50-73H2,1-3H3/b10-7-,11-8-,19-16-,20-17-,28-25-,29-26-,35-33-,38-37-,41-34-,42-40-,49-46-. The van der Waals surface area contributed by atoms with Gasteiger partial charge in [0.15, 0.2) is 6.10 Å². The maximum Gasteiger partial charge on any atom is 0.306 e. The van der Waals surface area contributed by atoms with E-state index < -0.39 is 6.10 Å². The molecule has 0 fully saturated rings. The summed E-state index contributed by atoms with van der Waals surface area (Å²) in [6.45, 7) is 6.42. The molecule has 0 aliphatic rings. The molecule has 0 aromatic carbocycles. The van der Waals surface area contributed by atoms with Gasteiger partial charge in [-0.05, 0) is 116 Å². The fourth-order valence-corrected chi connectivity index (χ4v) is 9.53. The molecule has 0 aromatic rings. The molecule has 0 radical (unpaired) electrons. The fraction of sp³-hybridized carbons (Fsp3) is 0.675. The number of hydrogen-bond acceptors (Lipinski definition) is 6. The maximum atomic E-state index is 13.0. The van der Waals surface area contributed by atoms with Gasteiger partial charge in [0.1, 0.15) is 13.2 Å². The van der Waals surface area contributed by atoms with Gasteiger partial charge in [0.25, 0.3) is 0 Å². The molecule has 83 heavy (non-hydrogen) atoms. The molecule has 0 bridgehead atoms. The number of allylic oxidation sites excluding steroid dienone is 22. The van der Waals surface area contributed by atoms with Gasteiger partial charge in [0.2, 0.25) is 0 Å². The number of unbranched alkanes of at least 4 members (excludes halogenated alkanes) is 29. The number of ether oxygens (including phenoxy) is 3. The third-order valence-corrected chi connectivity index (χ3v) is 14.7. The Labute approximate surface area is 513 Å². The van der Waals surface area contributed by atoms with Crippen LogP contribution >= 0.6 is 0 Å². The lowest BCUT2D eigenvalue weighted by Gasteiger charge is -2.18. The highest BCUT2D eigenvalue weighted by Crippen LogP contribution is 2.17. The average Bonchev–Trinajstić information content (AvgIpc) is 3.49. The predicted molar refractivity (Wildman–Crippen MR) is 362 cm³/mol. The Morgan fingerprint density at radius 3 is 0.735 bits per heavy atom. The highest BCUT2D eigenvalue weighted by atomic mass is 16.6. The van der Waals surface area contributed by atoms with E-state index in [9.17, 15) is 14.4 Å². The average molecular weight is 1150 g/mol. The zero-order valence-electron chi connectivity index (χ0n) is 54.2. The number of rotatable bonds is 62. The Balaban J connectivity index is 4.43. The van der Waals surface area contributed by atoms with Gasteiger partial charge < -0.3 is 14.2 Å². The smallest absolute Gasteiger partial charge is 0.306 e. The second kappa shape index (κ2) is 70.0. The first-order valence-electron chi connectivity index (χ1n) is 34.7. The van der Waals surface area contributed by atoms with Gasteiger partial charge in [0.05, 0.1) is 0 Å². The van der Waals surface area contributed by atoms with Crippen molar-refractivity contribution in [3.05, 3.63) is 134 Å². The van der Waals surface area contributed by atoms with Crippen molar-refractivity contribution in [3.8, 4) is 0 Å². The van der Waals surface area contributed by atoms with Crippen molar-refractivity contribution in [2.24, 2.45) is 0 Å². The van der Waals surface area contributed by atoms with E-state index in [2.05, 4.69) is 154 Å². The van der Waals surface area contributed by atoms with Gasteiger partial charge in [-0.1, -0.05) is 315 Å². The van der Waals surface area contributed by atoms with Gasteiger partial charge in [-0.15, -0.1) is 0 Å². The number of hydrogen-bond donors (Lipinski definition) is 0. The number of carbonyl (C=O) groups excluding carboxylic acids is 3. The Bertz CT molecular complexity index is 1750. The van der Waals surface area contributed by atoms with Gasteiger partial charge >= 0.3 is 17.9 Å². The molecule has 0 saturated heterocycles. The van der Waals surface area contributed by atoms with Crippen molar-refractivity contribution < 1.29 is 28.6 Å². The first kappa shape index (κ1) is 78.5. The van der Waals surface area contributed by atoms with E-state index in [0.29, 0.717) is 19.3 Å². The molecule has 0 amide bonds. The van der Waals surface area contributed by atoms with Crippen LogP contribution in [0.5, 0.6) is 0 Å². The molecule has 1 atom stereocenters. The van der Waals surface area contributed by atoms with Crippen molar-refractivity contribution in [3.63, 3.8) is 0 Å². The Hall–Kier alpha value is -4.45. The van der Waals surface area contributed by atoms with E-state index in [1.54, 1.807) is 0 Å². The summed E-state index contributed by atoms with van der Waals surface area (Å²) in [4.78, 5) is 38.5. The van der Waals surface area contributed by atoms with Crippen LogP contribution in [0.3, 0.4) is 0 Å². The molecular weight excluding hydrogens is 1020 g/mol. The third kappa shape index (κ3) is 68.2. The summed E-state index contributed by atoms with van der Waals surface area (Å²) in [5, 5.41) is 0. The molecule has 0 aliphatic carbocycles. The fourth-order valence-electron chi connectivity index (χ4n) is 9.53. The quantitative estimate of drug-likeness (QED) is 0.0261. The maximum absolute atomic E-state index is 13.0. The van der Waals surface area contributed by atoms with Gasteiger partial charge in [-0.2, -0.15) is 0 Å². The number of esters is 3. The van der Waals surface area contributed by atoms with Crippen LogP contribution in [-0.4, -0.2) is 37.2 Å². The lowest BCUT2D eigenvalue weighted by molar-refractivity contribution is -0.167. The minimum Gasteiger partial charge on any atom is -0.462 e. The van der Waals surface area contributed by atoms with E-state index in [4.69, 9.17) is 14.2 Å². The second-order valence-corrected chi connectivity index (χ2v) is 22.7. The number of carbonyl (C=O) groups is 3. The summed E-state index contributed by atoms with van der Waals surface area (Å²) in [6.07, 6.45) is 98.9. The normalized spacial score (nSPS) is 13.0. The molecule has 0 N–H and O–H groups in total. The van der Waals surface area contributed by atoms with E-state index in [1.807, 2.05) is 0 Å². The molecular formula is C77H128O6. The molecule has 0 aliphatic heterocycles. The van der Waals surface area contributed by atoms with Gasteiger partial charge in [0, 0.05) is 19.3 Å². The molecule has 1 unspecified atom stereocenters. The first-order chi connectivity index (χ1) is 41.0. The van der Waals surface area contributed by atoms with E-state index in [1.165, 1.54) is 122 Å². The zero-order chi connectivity index (χ0) is 59.9. The van der Waals surface area contributed by atoms with Gasteiger partial charge in [-0.25, -0.2) is 0 Å². The van der Waals surface area contributed by atoms with Crippen LogP contribution < -0.4 is 0 Å². The topological polar surface area (TPSA) is 78.9 Å². The summed E-state index contributed by atoms with van der Waals surface area (Å²) in [5.41, 5.74) is 0. The highest BCUT2D eigenvalue weighted by Gasteiger charge is 2.19. The molecule has 6 nitrogen and oxygen atoms in total. The molecule has 0 saturated carbocycles. The zero-order valence-corrected chi connectivity index (χ0v) is 54.2. The first-order valence-corrected chi connectivity index (χ1v) is 34.7. The van der Waals surface area contributed by atoms with Crippen LogP contribution in [0.2, 0.25) is 0 Å². The van der Waals surface area contributed by atoms with Crippen molar-refractivity contribution >= 4 is 17.9 Å². The van der Waals surface area contributed by atoms with Crippen LogP contribution in [0, 0.1) is 0 Å². The molecule has 0 spiro atoms. The molecule has 472 valence electrons. The summed E-state index contributed by atoms with van der Waals surface area (Å²) in [6, 6.07) is 0. The van der Waals surface area contributed by atoms with E-state index in [-0.39, 0.29) is 31.1 Å². The Kier molecular flexibility index (Phi) is 66.3. The molecule has 6 heteroatoms. The van der Waals surface area contributed by atoms with Crippen LogP contribution in [0.25, 0.3) is 0 Å². The minimum absolute atomic E-state index is 0.0884. The molecule has 0 heterocycles. The molecule has 0 aromatic heterocycles. The largest absolute Gasteiger partial charge is 0.462 e. The van der Waals surface area contributed by atoms with Crippen molar-refractivity contribution in [2.75, 3.05) is 13.2 Å². The van der Waals surface area contributed by atoms with E-state index >= 15 is 0 Å². The van der Waals surface area contributed by atoms with Crippen LogP contribution in [0.4, 0.5) is 0 Å². The van der Waals surface area contributed by atoms with E-state index in [0.717, 1.165) is 154 Å². The Morgan fingerprint density at radius 1 is 0.253 bits per heavy atom. The van der Waals surface area contributed by atoms with Gasteiger partial charge in [-0.3, -0.25) is 14.4 Å². The predicted octanol–water partition coefficient (Wildman–Crippen LogP) is 24.1. The summed E-state index contributed by atoms with van der Waals surface area (Å²) in [7, 11) is 0. The SMILES string of the molecule is CC/C=C\C/C=C\C/C=C\C/C=C\C/C=C\C/C=C\C/C=C\CCCCCCCC(=O)OCC(COC(=O)CCCCCCCCCCCCCCCCCCC)OC(=O)CCCCCCCCCC/C=C\C/C=C\C/C=C\C/C=C\CC. The van der Waals surface area contributed by atoms with Crippen molar-refractivity contribution in [2.45, 2.75) is 322 Å². The lowest BCUT2D eigenvalue weighted by Crippen LogP contribution is -2.30. The van der Waals surface area contributed by atoms with Crippen molar-refractivity contribution in [1.82, 2.24) is 0 Å². The monoisotopic (exact) mass is 1150 g/mol. The summed E-state index contributed by atoms with van der Waals surface area (Å²) < 4.78 is 17.0. The second-order valence-electron chi connectivity index (χ2n) is 22.7. The van der Waals surface area contributed by atoms with Crippen LogP contribution in [0.1, 0.15) is 316 Å². The van der Waals surface area contributed by atoms with Crippen LogP contribution in [-0.2, 0) is 28.6 Å². The van der Waals surface area contributed by atoms with Crippen LogP contribution in [0.15, 0.2) is 134 Å². The van der Waals surface area contributed by atoms with Crippen molar-refractivity contribution in [1.29, 1.82) is 0 Å². The minimum atomic E-state index is -0.796. The lowest BCUT2D eigenvalue weighted by atomic mass is 10.0. The molecule has 0 rings (SSSR count). The Morgan fingerprint density at radius 2 is 0.470 bits per heavy atom. The highest BCUT2D eigenvalue weighted by molar-refractivity contribution is 5.71. The summed E-state index contributed by atoms with van der Waals surface area (Å²) in [5.74, 6) is -0.906. The summed E-state index contributed by atoms with van der Waals surface area (Å²) >= 11 is 0. The third-order valence-electron chi connectivity index (χ3n) is 14.7.